The van der Waals surface area contributed by atoms with Crippen LogP contribution in [0.4, 0.5) is 0 Å². The van der Waals surface area contributed by atoms with Crippen molar-refractivity contribution in [1.82, 2.24) is 14.3 Å². The van der Waals surface area contributed by atoms with Crippen molar-refractivity contribution in [2.24, 2.45) is 0 Å². The Morgan fingerprint density at radius 1 is 1.16 bits per heavy atom. The van der Waals surface area contributed by atoms with Crippen LogP contribution in [0.25, 0.3) is 11.0 Å². The highest BCUT2D eigenvalue weighted by molar-refractivity contribution is 7.89. The zero-order valence-corrected chi connectivity index (χ0v) is 15.2. The van der Waals surface area contributed by atoms with Gasteiger partial charge in [-0.1, -0.05) is 29.8 Å². The largest absolute Gasteiger partial charge is 0.341 e. The van der Waals surface area contributed by atoms with Crippen LogP contribution in [-0.2, 0) is 10.0 Å². The monoisotopic (exact) mass is 355 g/mol. The summed E-state index contributed by atoms with van der Waals surface area (Å²) in [6.45, 7) is 4.35. The van der Waals surface area contributed by atoms with Crippen molar-refractivity contribution >= 4 is 21.1 Å². The maximum Gasteiger partial charge on any atom is 0.244 e. The van der Waals surface area contributed by atoms with E-state index >= 15 is 0 Å². The Balaban J connectivity index is 1.75. The molecular formula is C19H21N3O2S. The van der Waals surface area contributed by atoms with Crippen LogP contribution in [0.1, 0.15) is 35.8 Å². The van der Waals surface area contributed by atoms with Crippen LogP contribution in [0.15, 0.2) is 47.4 Å². The molecule has 0 amide bonds. The van der Waals surface area contributed by atoms with E-state index in [1.54, 1.807) is 10.4 Å². The molecule has 3 aromatic rings. The van der Waals surface area contributed by atoms with Gasteiger partial charge in [-0.25, -0.2) is 13.4 Å². The first-order valence-electron chi connectivity index (χ1n) is 8.50. The Labute approximate surface area is 147 Å². The molecule has 1 aromatic heterocycles. The van der Waals surface area contributed by atoms with Gasteiger partial charge >= 0.3 is 0 Å². The van der Waals surface area contributed by atoms with Gasteiger partial charge in [0.15, 0.2) is 0 Å². The third-order valence-electron chi connectivity index (χ3n) is 4.84. The summed E-state index contributed by atoms with van der Waals surface area (Å²) < 4.78 is 28.1. The molecule has 25 heavy (non-hydrogen) atoms. The summed E-state index contributed by atoms with van der Waals surface area (Å²) in [4.78, 5) is 8.31. The highest BCUT2D eigenvalue weighted by Gasteiger charge is 2.38. The number of sulfonamides is 1. The number of hydrogen-bond donors (Lipinski definition) is 1. The molecule has 4 rings (SSSR count). The first-order chi connectivity index (χ1) is 12.0. The lowest BCUT2D eigenvalue weighted by atomic mass is 10.2. The third kappa shape index (κ3) is 2.75. The van der Waals surface area contributed by atoms with Gasteiger partial charge in [-0.05, 0) is 50.5 Å². The van der Waals surface area contributed by atoms with E-state index in [2.05, 4.69) is 9.97 Å². The van der Waals surface area contributed by atoms with Crippen LogP contribution in [0.3, 0.4) is 0 Å². The number of H-pyrrole nitrogens is 1. The summed E-state index contributed by atoms with van der Waals surface area (Å²) in [5, 5.41) is 0. The van der Waals surface area contributed by atoms with Gasteiger partial charge < -0.3 is 4.98 Å². The van der Waals surface area contributed by atoms with Crippen molar-refractivity contribution in [2.75, 3.05) is 6.54 Å². The predicted molar refractivity (Wildman–Crippen MR) is 97.9 cm³/mol. The van der Waals surface area contributed by atoms with Crippen LogP contribution in [-0.4, -0.2) is 29.2 Å². The number of hydrogen-bond acceptors (Lipinski definition) is 3. The van der Waals surface area contributed by atoms with Gasteiger partial charge in [0.25, 0.3) is 0 Å². The zero-order chi connectivity index (χ0) is 17.6. The van der Waals surface area contributed by atoms with Crippen LogP contribution in [0.5, 0.6) is 0 Å². The quantitative estimate of drug-likeness (QED) is 0.779. The Morgan fingerprint density at radius 3 is 2.72 bits per heavy atom. The summed E-state index contributed by atoms with van der Waals surface area (Å²) >= 11 is 0. The number of imidazole rings is 1. The molecule has 1 aliphatic heterocycles. The van der Waals surface area contributed by atoms with Crippen LogP contribution >= 0.6 is 0 Å². The molecule has 0 saturated carbocycles. The lowest BCUT2D eigenvalue weighted by Crippen LogP contribution is -2.31. The lowest BCUT2D eigenvalue weighted by Gasteiger charge is -2.23. The number of para-hydroxylation sites is 2. The number of aromatic amines is 1. The molecule has 1 saturated heterocycles. The normalized spacial score (nSPS) is 18.9. The SMILES string of the molecule is Cc1ccc(S(=O)(=O)N2CCC[C@@H]2c2nc3ccccc3[nH]2)c(C)c1. The molecule has 0 radical (unpaired) electrons. The van der Waals surface area contributed by atoms with E-state index in [1.807, 2.05) is 50.2 Å². The Morgan fingerprint density at radius 2 is 1.96 bits per heavy atom. The number of nitrogens with one attached hydrogen (secondary N) is 1. The molecular weight excluding hydrogens is 334 g/mol. The van der Waals surface area contributed by atoms with Gasteiger partial charge in [0, 0.05) is 6.54 Å². The molecule has 6 heteroatoms. The maximum atomic E-state index is 13.2. The fourth-order valence-electron chi connectivity index (χ4n) is 3.65. The first-order valence-corrected chi connectivity index (χ1v) is 9.94. The highest BCUT2D eigenvalue weighted by Crippen LogP contribution is 2.36. The smallest absolute Gasteiger partial charge is 0.244 e. The average Bonchev–Trinajstić information content (AvgIpc) is 3.21. The first kappa shape index (κ1) is 16.3. The second-order valence-corrected chi connectivity index (χ2v) is 8.54. The summed E-state index contributed by atoms with van der Waals surface area (Å²) in [5.74, 6) is 0.729. The van der Waals surface area contributed by atoms with E-state index in [0.29, 0.717) is 11.4 Å². The molecule has 2 heterocycles. The third-order valence-corrected chi connectivity index (χ3v) is 6.91. The van der Waals surface area contributed by atoms with Gasteiger partial charge in [0.2, 0.25) is 10.0 Å². The second kappa shape index (κ2) is 5.97. The van der Waals surface area contributed by atoms with Gasteiger partial charge in [0.05, 0.1) is 22.0 Å². The molecule has 130 valence electrons. The molecule has 0 bridgehead atoms. The Bertz CT molecular complexity index is 1010. The predicted octanol–water partition coefficient (Wildman–Crippen LogP) is 3.71. The Kier molecular flexibility index (Phi) is 3.89. The fourth-order valence-corrected chi connectivity index (χ4v) is 5.51. The van der Waals surface area contributed by atoms with Gasteiger partial charge in [-0.15, -0.1) is 0 Å². The van der Waals surface area contributed by atoms with Crippen molar-refractivity contribution in [3.8, 4) is 0 Å². The van der Waals surface area contributed by atoms with Crippen LogP contribution < -0.4 is 0 Å². The minimum Gasteiger partial charge on any atom is -0.341 e. The molecule has 1 aliphatic rings. The van der Waals surface area contributed by atoms with E-state index in [0.717, 1.165) is 40.8 Å². The van der Waals surface area contributed by atoms with Crippen molar-refractivity contribution in [3.05, 3.63) is 59.4 Å². The van der Waals surface area contributed by atoms with Crippen molar-refractivity contribution in [1.29, 1.82) is 0 Å². The molecule has 0 unspecified atom stereocenters. The van der Waals surface area contributed by atoms with E-state index in [9.17, 15) is 8.42 Å². The molecule has 2 aromatic carbocycles. The summed E-state index contributed by atoms with van der Waals surface area (Å²) in [6, 6.07) is 13.0. The van der Waals surface area contributed by atoms with Crippen molar-refractivity contribution in [2.45, 2.75) is 37.6 Å². The van der Waals surface area contributed by atoms with Crippen molar-refractivity contribution < 1.29 is 8.42 Å². The highest BCUT2D eigenvalue weighted by atomic mass is 32.2. The summed E-state index contributed by atoms with van der Waals surface area (Å²) in [6.07, 6.45) is 1.62. The van der Waals surface area contributed by atoms with E-state index in [1.165, 1.54) is 0 Å². The fraction of sp³-hybridized carbons (Fsp3) is 0.316. The van der Waals surface area contributed by atoms with Crippen LogP contribution in [0, 0.1) is 13.8 Å². The molecule has 0 aliphatic carbocycles. The molecule has 0 spiro atoms. The van der Waals surface area contributed by atoms with Gasteiger partial charge in [-0.3, -0.25) is 0 Å². The number of benzene rings is 2. The minimum absolute atomic E-state index is 0.238. The molecule has 1 fully saturated rings. The second-order valence-electron chi connectivity index (χ2n) is 6.68. The zero-order valence-electron chi connectivity index (χ0n) is 14.4. The number of aromatic nitrogens is 2. The van der Waals surface area contributed by atoms with Crippen molar-refractivity contribution in [3.63, 3.8) is 0 Å². The van der Waals surface area contributed by atoms with E-state index < -0.39 is 10.0 Å². The molecule has 1 atom stereocenters. The maximum absolute atomic E-state index is 13.2. The number of aryl methyl sites for hydroxylation is 2. The van der Waals surface area contributed by atoms with E-state index in [-0.39, 0.29) is 6.04 Å². The van der Waals surface area contributed by atoms with Gasteiger partial charge in [-0.2, -0.15) is 4.31 Å². The molecule has 1 N–H and O–H groups in total. The Hall–Kier alpha value is -2.18. The standard InChI is InChI=1S/C19H21N3O2S/c1-13-9-10-18(14(2)12-13)25(23,24)22-11-5-8-17(22)19-20-15-6-3-4-7-16(15)21-19/h3-4,6-7,9-10,12,17H,5,8,11H2,1-2H3,(H,20,21)/t17-/m1/s1. The lowest BCUT2D eigenvalue weighted by molar-refractivity contribution is 0.385. The van der Waals surface area contributed by atoms with Gasteiger partial charge in [0.1, 0.15) is 5.82 Å². The topological polar surface area (TPSA) is 66.1 Å². The number of fused-ring (bicyclic) bond motifs is 1. The average molecular weight is 355 g/mol. The number of nitrogens with zero attached hydrogens (tertiary/aromatic N) is 2. The summed E-state index contributed by atoms with van der Waals surface area (Å²) in [7, 11) is -3.55. The van der Waals surface area contributed by atoms with E-state index in [4.69, 9.17) is 0 Å². The van der Waals surface area contributed by atoms with Crippen LogP contribution in [0.2, 0.25) is 0 Å². The number of rotatable bonds is 3. The molecule has 5 nitrogen and oxygen atoms in total. The summed E-state index contributed by atoms with van der Waals surface area (Å²) in [5.41, 5.74) is 3.66. The minimum atomic E-state index is -3.55.